The number of urea groups is 1. The van der Waals surface area contributed by atoms with Crippen LogP contribution < -0.4 is 10.6 Å². The standard InChI is InChI=1S/C17H14FN3O3/c18-13-7-3-4-8-14(13)20-16(23)12-6-2-1-5-11(12)10-21-15(22)9-19-17(21)24/h1-8H,9-10H2,(H,19,24)(H,20,23). The molecular formula is C17H14FN3O3. The highest BCUT2D eigenvalue weighted by atomic mass is 19.1. The third-order valence-corrected chi connectivity index (χ3v) is 3.65. The second kappa shape index (κ2) is 6.49. The summed E-state index contributed by atoms with van der Waals surface area (Å²) in [6, 6.07) is 11.9. The molecule has 0 radical (unpaired) electrons. The van der Waals surface area contributed by atoms with Gasteiger partial charge in [-0.1, -0.05) is 30.3 Å². The van der Waals surface area contributed by atoms with Gasteiger partial charge in [0.25, 0.3) is 5.91 Å². The van der Waals surface area contributed by atoms with Gasteiger partial charge in [-0.15, -0.1) is 0 Å². The van der Waals surface area contributed by atoms with Crippen molar-refractivity contribution in [3.05, 3.63) is 65.5 Å². The quantitative estimate of drug-likeness (QED) is 0.845. The maximum Gasteiger partial charge on any atom is 0.324 e. The Kier molecular flexibility index (Phi) is 4.24. The topological polar surface area (TPSA) is 78.5 Å². The van der Waals surface area contributed by atoms with Crippen molar-refractivity contribution < 1.29 is 18.8 Å². The van der Waals surface area contributed by atoms with E-state index >= 15 is 0 Å². The van der Waals surface area contributed by atoms with Crippen LogP contribution in [-0.2, 0) is 11.3 Å². The zero-order valence-corrected chi connectivity index (χ0v) is 12.6. The maximum absolute atomic E-state index is 13.7. The molecule has 1 fully saturated rings. The summed E-state index contributed by atoms with van der Waals surface area (Å²) in [4.78, 5) is 36.8. The minimum atomic E-state index is -0.544. The summed E-state index contributed by atoms with van der Waals surface area (Å²) in [7, 11) is 0. The number of hydrogen-bond acceptors (Lipinski definition) is 3. The highest BCUT2D eigenvalue weighted by Gasteiger charge is 2.29. The number of carbonyl (C=O) groups is 3. The monoisotopic (exact) mass is 327 g/mol. The van der Waals surface area contributed by atoms with Crippen LogP contribution in [0.4, 0.5) is 14.9 Å². The van der Waals surface area contributed by atoms with Crippen LogP contribution in [-0.4, -0.2) is 29.3 Å². The van der Waals surface area contributed by atoms with Crippen LogP contribution in [0.5, 0.6) is 0 Å². The lowest BCUT2D eigenvalue weighted by atomic mass is 10.1. The van der Waals surface area contributed by atoms with Gasteiger partial charge >= 0.3 is 6.03 Å². The van der Waals surface area contributed by atoms with Crippen molar-refractivity contribution in [3.8, 4) is 0 Å². The van der Waals surface area contributed by atoms with E-state index in [2.05, 4.69) is 10.6 Å². The van der Waals surface area contributed by atoms with E-state index < -0.39 is 17.8 Å². The molecule has 2 aromatic carbocycles. The first-order chi connectivity index (χ1) is 11.6. The van der Waals surface area contributed by atoms with Gasteiger partial charge in [0.15, 0.2) is 0 Å². The molecule has 1 aliphatic rings. The molecule has 2 N–H and O–H groups in total. The molecule has 1 aliphatic heterocycles. The molecule has 6 nitrogen and oxygen atoms in total. The fourth-order valence-electron chi connectivity index (χ4n) is 2.42. The minimum Gasteiger partial charge on any atom is -0.329 e. The van der Waals surface area contributed by atoms with Crippen molar-refractivity contribution in [1.29, 1.82) is 0 Å². The number of rotatable bonds is 4. The minimum absolute atomic E-state index is 0.0223. The molecule has 24 heavy (non-hydrogen) atoms. The molecular weight excluding hydrogens is 313 g/mol. The summed E-state index contributed by atoms with van der Waals surface area (Å²) >= 11 is 0. The Hall–Kier alpha value is -3.22. The van der Waals surface area contributed by atoms with Crippen LogP contribution in [0.25, 0.3) is 0 Å². The fourth-order valence-corrected chi connectivity index (χ4v) is 2.42. The summed E-state index contributed by atoms with van der Waals surface area (Å²) in [5.41, 5.74) is 0.831. The van der Waals surface area contributed by atoms with E-state index in [4.69, 9.17) is 0 Å². The Balaban J connectivity index is 1.83. The number of benzene rings is 2. The van der Waals surface area contributed by atoms with E-state index in [0.717, 1.165) is 4.90 Å². The van der Waals surface area contributed by atoms with Crippen molar-refractivity contribution in [2.24, 2.45) is 0 Å². The van der Waals surface area contributed by atoms with Gasteiger partial charge in [0.2, 0.25) is 5.91 Å². The lowest BCUT2D eigenvalue weighted by Gasteiger charge is -2.15. The van der Waals surface area contributed by atoms with Crippen LogP contribution in [0.1, 0.15) is 15.9 Å². The van der Waals surface area contributed by atoms with Gasteiger partial charge in [0.05, 0.1) is 18.8 Å². The first kappa shape index (κ1) is 15.7. The molecule has 3 rings (SSSR count). The normalized spacial score (nSPS) is 13.8. The van der Waals surface area contributed by atoms with E-state index in [1.54, 1.807) is 30.3 Å². The van der Waals surface area contributed by atoms with E-state index in [1.165, 1.54) is 18.2 Å². The van der Waals surface area contributed by atoms with Crippen LogP contribution in [0.15, 0.2) is 48.5 Å². The Labute approximate surface area is 137 Å². The van der Waals surface area contributed by atoms with Gasteiger partial charge in [-0.25, -0.2) is 9.18 Å². The fraction of sp³-hybridized carbons (Fsp3) is 0.118. The predicted octanol–water partition coefficient (Wildman–Crippen LogP) is 2.13. The molecule has 0 unspecified atom stereocenters. The molecule has 0 spiro atoms. The number of carbonyl (C=O) groups excluding carboxylic acids is 3. The zero-order valence-electron chi connectivity index (χ0n) is 12.6. The molecule has 7 heteroatoms. The van der Waals surface area contributed by atoms with Gasteiger partial charge in [-0.2, -0.15) is 0 Å². The van der Waals surface area contributed by atoms with Crippen LogP contribution in [0.2, 0.25) is 0 Å². The molecule has 0 aromatic heterocycles. The van der Waals surface area contributed by atoms with Gasteiger partial charge in [0.1, 0.15) is 5.82 Å². The van der Waals surface area contributed by atoms with E-state index in [9.17, 15) is 18.8 Å². The number of nitrogens with one attached hydrogen (secondary N) is 2. The third-order valence-electron chi connectivity index (χ3n) is 3.65. The Morgan fingerprint density at radius 3 is 2.54 bits per heavy atom. The average molecular weight is 327 g/mol. The maximum atomic E-state index is 13.7. The lowest BCUT2D eigenvalue weighted by molar-refractivity contribution is -0.125. The van der Waals surface area contributed by atoms with Gasteiger partial charge < -0.3 is 10.6 Å². The second-order valence-corrected chi connectivity index (χ2v) is 5.23. The van der Waals surface area contributed by atoms with Gasteiger partial charge in [0, 0.05) is 5.56 Å². The summed E-state index contributed by atoms with van der Waals surface area (Å²) in [5, 5.41) is 4.92. The molecule has 0 saturated carbocycles. The van der Waals surface area contributed by atoms with Crippen LogP contribution >= 0.6 is 0 Å². The lowest BCUT2D eigenvalue weighted by Crippen LogP contribution is -2.31. The van der Waals surface area contributed by atoms with Gasteiger partial charge in [-0.3, -0.25) is 14.5 Å². The largest absolute Gasteiger partial charge is 0.329 e. The number of imide groups is 1. The summed E-state index contributed by atoms with van der Waals surface area (Å²) in [5.74, 6) is -1.41. The summed E-state index contributed by atoms with van der Waals surface area (Å²) in [6.07, 6.45) is 0. The predicted molar refractivity (Wildman–Crippen MR) is 84.7 cm³/mol. The molecule has 4 amide bonds. The molecule has 0 atom stereocenters. The van der Waals surface area contributed by atoms with E-state index in [-0.39, 0.29) is 30.2 Å². The first-order valence-electron chi connectivity index (χ1n) is 7.28. The third kappa shape index (κ3) is 3.10. The smallest absolute Gasteiger partial charge is 0.324 e. The Morgan fingerprint density at radius 2 is 1.83 bits per heavy atom. The number of anilines is 1. The first-order valence-corrected chi connectivity index (χ1v) is 7.28. The number of para-hydroxylation sites is 1. The molecule has 1 heterocycles. The summed E-state index contributed by atoms with van der Waals surface area (Å²) < 4.78 is 13.7. The molecule has 0 bridgehead atoms. The van der Waals surface area contributed by atoms with Crippen molar-refractivity contribution in [2.45, 2.75) is 6.54 Å². The van der Waals surface area contributed by atoms with E-state index in [0.29, 0.717) is 5.56 Å². The number of nitrogens with zero attached hydrogens (tertiary/aromatic N) is 1. The highest BCUT2D eigenvalue weighted by molar-refractivity contribution is 6.06. The van der Waals surface area contributed by atoms with Gasteiger partial charge in [-0.05, 0) is 23.8 Å². The van der Waals surface area contributed by atoms with Crippen molar-refractivity contribution in [3.63, 3.8) is 0 Å². The molecule has 0 aliphatic carbocycles. The number of halogens is 1. The Bertz CT molecular complexity index is 806. The van der Waals surface area contributed by atoms with Crippen molar-refractivity contribution >= 4 is 23.5 Å². The van der Waals surface area contributed by atoms with Crippen LogP contribution in [0, 0.1) is 5.82 Å². The SMILES string of the molecule is O=C(Nc1ccccc1F)c1ccccc1CN1C(=O)CNC1=O. The second-order valence-electron chi connectivity index (χ2n) is 5.23. The zero-order chi connectivity index (χ0) is 17.1. The van der Waals surface area contributed by atoms with Crippen LogP contribution in [0.3, 0.4) is 0 Å². The Morgan fingerprint density at radius 1 is 1.12 bits per heavy atom. The van der Waals surface area contributed by atoms with Crippen molar-refractivity contribution in [1.82, 2.24) is 10.2 Å². The highest BCUT2D eigenvalue weighted by Crippen LogP contribution is 2.18. The average Bonchev–Trinajstić information content (AvgIpc) is 2.89. The molecule has 1 saturated heterocycles. The number of amides is 4. The summed E-state index contributed by atoms with van der Waals surface area (Å²) in [6.45, 7) is -0.0754. The number of hydrogen-bond donors (Lipinski definition) is 2. The molecule has 2 aromatic rings. The molecule has 122 valence electrons. The van der Waals surface area contributed by atoms with E-state index in [1.807, 2.05) is 0 Å². The van der Waals surface area contributed by atoms with Crippen molar-refractivity contribution in [2.75, 3.05) is 11.9 Å².